The van der Waals surface area contributed by atoms with Crippen molar-refractivity contribution < 1.29 is 0 Å². The van der Waals surface area contributed by atoms with Gasteiger partial charge in [-0.05, 0) is 41.5 Å². The second-order valence-corrected chi connectivity index (χ2v) is 14.4. The Kier molecular flexibility index (Phi) is 5.35. The molecule has 0 amide bonds. The molecule has 0 atom stereocenters. The van der Waals surface area contributed by atoms with Gasteiger partial charge in [-0.2, -0.15) is 0 Å². The Balaban J connectivity index is 1.23. The van der Waals surface area contributed by atoms with Crippen LogP contribution in [0.5, 0.6) is 0 Å². The highest BCUT2D eigenvalue weighted by molar-refractivity contribution is 7.26. The van der Waals surface area contributed by atoms with E-state index >= 15 is 0 Å². The van der Waals surface area contributed by atoms with Gasteiger partial charge in [0.2, 0.25) is 5.95 Å². The molecule has 51 heavy (non-hydrogen) atoms. The first-order valence-electron chi connectivity index (χ1n) is 17.3. The van der Waals surface area contributed by atoms with E-state index in [1.807, 2.05) is 0 Å². The first-order valence-corrected chi connectivity index (χ1v) is 18.1. The van der Waals surface area contributed by atoms with Crippen LogP contribution in [0.2, 0.25) is 0 Å². The molecule has 0 saturated heterocycles. The minimum Gasteiger partial charge on any atom is -0.308 e. The van der Waals surface area contributed by atoms with Crippen LogP contribution in [0.3, 0.4) is 0 Å². The van der Waals surface area contributed by atoms with E-state index in [-0.39, 0.29) is 0 Å². The first kappa shape index (κ1) is 27.3. The van der Waals surface area contributed by atoms with Gasteiger partial charge in [-0.15, -0.1) is 11.3 Å². The quantitative estimate of drug-likeness (QED) is 0.188. The fraction of sp³-hybridized carbons (Fsp3) is 0. The fourth-order valence-electron chi connectivity index (χ4n) is 8.51. The van der Waals surface area contributed by atoms with Crippen LogP contribution < -0.4 is 0 Å². The zero-order valence-corrected chi connectivity index (χ0v) is 28.0. The number of nitrogens with zero attached hydrogens (tertiary/aromatic N) is 4. The Morgan fingerprint density at radius 3 is 1.80 bits per heavy atom. The van der Waals surface area contributed by atoms with E-state index in [1.165, 1.54) is 64.7 Å². The van der Waals surface area contributed by atoms with Gasteiger partial charge in [-0.3, -0.25) is 4.57 Å². The Labute approximate surface area is 295 Å². The number of thiophene rings is 1. The average Bonchev–Trinajstić information content (AvgIpc) is 3.93. The van der Waals surface area contributed by atoms with Crippen molar-refractivity contribution in [1.29, 1.82) is 0 Å². The van der Waals surface area contributed by atoms with Crippen LogP contribution in [-0.4, -0.2) is 18.9 Å². The highest BCUT2D eigenvalue weighted by Crippen LogP contribution is 2.47. The molecular formula is C46H26N4S. The molecule has 0 saturated carbocycles. The molecule has 0 aliphatic heterocycles. The highest BCUT2D eigenvalue weighted by Gasteiger charge is 2.25. The summed E-state index contributed by atoms with van der Waals surface area (Å²) in [6.07, 6.45) is 0. The lowest BCUT2D eigenvalue weighted by molar-refractivity contribution is 1.02. The molecule has 236 valence electrons. The third-order valence-electron chi connectivity index (χ3n) is 10.7. The van der Waals surface area contributed by atoms with Crippen molar-refractivity contribution in [2.24, 2.45) is 0 Å². The molecule has 0 aliphatic carbocycles. The minimum atomic E-state index is 0.681. The Morgan fingerprint density at radius 2 is 1.02 bits per heavy atom. The lowest BCUT2D eigenvalue weighted by Gasteiger charge is -2.11. The predicted octanol–water partition coefficient (Wildman–Crippen LogP) is 12.4. The molecule has 5 heterocycles. The lowest BCUT2D eigenvalue weighted by Crippen LogP contribution is -2.02. The zero-order valence-electron chi connectivity index (χ0n) is 27.2. The topological polar surface area (TPSA) is 35.1 Å². The minimum absolute atomic E-state index is 0.681. The molecule has 7 aromatic carbocycles. The molecule has 0 aliphatic rings. The summed E-state index contributed by atoms with van der Waals surface area (Å²) in [5.74, 6) is 0.681. The molecule has 12 aromatic rings. The van der Waals surface area contributed by atoms with Crippen LogP contribution in [0.4, 0.5) is 0 Å². The summed E-state index contributed by atoms with van der Waals surface area (Å²) in [5.41, 5.74) is 11.3. The largest absolute Gasteiger partial charge is 0.308 e. The Morgan fingerprint density at radius 1 is 0.431 bits per heavy atom. The number of para-hydroxylation sites is 3. The van der Waals surface area contributed by atoms with Crippen LogP contribution in [-0.2, 0) is 0 Å². The molecule has 0 unspecified atom stereocenters. The summed E-state index contributed by atoms with van der Waals surface area (Å²) in [6.45, 7) is 0. The molecular weight excluding hydrogens is 641 g/mol. The molecule has 12 rings (SSSR count). The monoisotopic (exact) mass is 666 g/mol. The van der Waals surface area contributed by atoms with E-state index in [9.17, 15) is 0 Å². The van der Waals surface area contributed by atoms with E-state index < -0.39 is 0 Å². The third-order valence-corrected chi connectivity index (χ3v) is 11.8. The molecule has 4 nitrogen and oxygen atoms in total. The summed E-state index contributed by atoms with van der Waals surface area (Å²) >= 11 is 1.77. The van der Waals surface area contributed by atoms with Gasteiger partial charge in [0.15, 0.2) is 0 Å². The Hall–Kier alpha value is -6.56. The second-order valence-electron chi connectivity index (χ2n) is 13.4. The van der Waals surface area contributed by atoms with Gasteiger partial charge >= 0.3 is 0 Å². The van der Waals surface area contributed by atoms with Gasteiger partial charge in [0, 0.05) is 48.0 Å². The summed E-state index contributed by atoms with van der Waals surface area (Å²) < 4.78 is 7.08. The van der Waals surface area contributed by atoms with Gasteiger partial charge in [-0.25, -0.2) is 9.97 Å². The highest BCUT2D eigenvalue weighted by atomic mass is 32.1. The molecule has 5 heteroatoms. The van der Waals surface area contributed by atoms with Crippen molar-refractivity contribution >= 4 is 91.5 Å². The van der Waals surface area contributed by atoms with Crippen molar-refractivity contribution in [3.63, 3.8) is 0 Å². The number of benzene rings is 7. The fourth-order valence-corrected chi connectivity index (χ4v) is 9.66. The van der Waals surface area contributed by atoms with Crippen molar-refractivity contribution in [3.8, 4) is 28.3 Å². The molecule has 0 N–H and O–H groups in total. The van der Waals surface area contributed by atoms with Crippen molar-refractivity contribution in [3.05, 3.63) is 158 Å². The van der Waals surface area contributed by atoms with Crippen molar-refractivity contribution in [2.75, 3.05) is 0 Å². The molecule has 0 radical (unpaired) electrons. The maximum Gasteiger partial charge on any atom is 0.235 e. The number of rotatable bonds is 3. The molecule has 5 aromatic heterocycles. The summed E-state index contributed by atoms with van der Waals surface area (Å²) in [5, 5.41) is 8.63. The van der Waals surface area contributed by atoms with Crippen LogP contribution in [0.25, 0.3) is 109 Å². The van der Waals surface area contributed by atoms with Gasteiger partial charge in [0.25, 0.3) is 0 Å². The molecule has 0 spiro atoms. The number of hydrogen-bond donors (Lipinski definition) is 0. The molecule has 0 bridgehead atoms. The lowest BCUT2D eigenvalue weighted by atomic mass is 10.0. The Bertz CT molecular complexity index is 3350. The number of aromatic nitrogens is 4. The van der Waals surface area contributed by atoms with Crippen molar-refractivity contribution in [2.45, 2.75) is 0 Å². The maximum atomic E-state index is 5.51. The zero-order chi connectivity index (χ0) is 33.2. The second kappa shape index (κ2) is 10.0. The van der Waals surface area contributed by atoms with E-state index in [4.69, 9.17) is 9.97 Å². The van der Waals surface area contributed by atoms with Crippen LogP contribution in [0.1, 0.15) is 0 Å². The van der Waals surface area contributed by atoms with Gasteiger partial charge < -0.3 is 4.40 Å². The van der Waals surface area contributed by atoms with Crippen LogP contribution in [0.15, 0.2) is 158 Å². The standard InChI is InChI=1S/C46H26N4S/c1-2-12-27(13-3-1)28-22-24-29(25-23-28)42-45-43(33-17-7-11-21-39(33)51-45)48-46(47-42)50-37-20-10-5-15-31(37)40-38(50)26-34-30-14-4-8-18-35(30)49-36-19-9-6-16-32(36)41(40)44(34)49/h1-26H. The van der Waals surface area contributed by atoms with Gasteiger partial charge in [0.05, 0.1) is 43.5 Å². The SMILES string of the molecule is c1ccc(-c2ccc(-c3nc(-n4c5ccccc5c5c6c7ccccc7n7c8ccccc8c(cc54)c67)nc4c3sc3ccccc34)cc2)cc1. The van der Waals surface area contributed by atoms with Crippen LogP contribution >= 0.6 is 11.3 Å². The van der Waals surface area contributed by atoms with E-state index in [1.54, 1.807) is 11.3 Å². The van der Waals surface area contributed by atoms with E-state index in [0.717, 1.165) is 37.9 Å². The molecule has 0 fully saturated rings. The summed E-state index contributed by atoms with van der Waals surface area (Å²) in [7, 11) is 0. The number of hydrogen-bond acceptors (Lipinski definition) is 3. The smallest absolute Gasteiger partial charge is 0.235 e. The third kappa shape index (κ3) is 3.63. The maximum absolute atomic E-state index is 5.51. The van der Waals surface area contributed by atoms with Crippen LogP contribution in [0, 0.1) is 0 Å². The van der Waals surface area contributed by atoms with E-state index in [0.29, 0.717) is 5.95 Å². The van der Waals surface area contributed by atoms with Crippen molar-refractivity contribution in [1.82, 2.24) is 18.9 Å². The summed E-state index contributed by atoms with van der Waals surface area (Å²) in [6, 6.07) is 56.7. The normalized spacial score (nSPS) is 12.3. The number of fused-ring (bicyclic) bond motifs is 13. The van der Waals surface area contributed by atoms with Gasteiger partial charge in [-0.1, -0.05) is 127 Å². The van der Waals surface area contributed by atoms with Gasteiger partial charge in [0.1, 0.15) is 0 Å². The predicted molar refractivity (Wildman–Crippen MR) is 215 cm³/mol. The average molecular weight is 667 g/mol. The summed E-state index contributed by atoms with van der Waals surface area (Å²) in [4.78, 5) is 11.0. The van der Waals surface area contributed by atoms with E-state index in [2.05, 4.69) is 167 Å². The first-order chi connectivity index (χ1) is 25.3.